The van der Waals surface area contributed by atoms with Gasteiger partial charge in [0.1, 0.15) is 0 Å². The fourth-order valence-electron chi connectivity index (χ4n) is 2.42. The van der Waals surface area contributed by atoms with E-state index >= 15 is 0 Å². The number of rotatable bonds is 5. The fourth-order valence-corrected chi connectivity index (χ4v) is 3.98. The van der Waals surface area contributed by atoms with Crippen molar-refractivity contribution < 1.29 is 8.42 Å². The van der Waals surface area contributed by atoms with Gasteiger partial charge in [-0.2, -0.15) is 0 Å². The van der Waals surface area contributed by atoms with Gasteiger partial charge in [-0.1, -0.05) is 6.42 Å². The Morgan fingerprint density at radius 1 is 1.12 bits per heavy atom. The highest BCUT2D eigenvalue weighted by Gasteiger charge is 2.28. The molecule has 0 aromatic heterocycles. The Hall–Kier alpha value is -0.130. The third-order valence-electron chi connectivity index (χ3n) is 3.57. The van der Waals surface area contributed by atoms with Crippen LogP contribution in [0.3, 0.4) is 0 Å². The first-order chi connectivity index (χ1) is 7.55. The monoisotopic (exact) mass is 246 g/mol. The summed E-state index contributed by atoms with van der Waals surface area (Å²) in [5.74, 6) is 1.19. The lowest BCUT2D eigenvalue weighted by molar-refractivity contribution is 0.322. The molecule has 16 heavy (non-hydrogen) atoms. The van der Waals surface area contributed by atoms with Crippen LogP contribution in [0.1, 0.15) is 38.5 Å². The fraction of sp³-hybridized carbons (Fsp3) is 1.00. The van der Waals surface area contributed by atoms with Gasteiger partial charge in [-0.25, -0.2) is 13.1 Å². The van der Waals surface area contributed by atoms with Gasteiger partial charge in [0.25, 0.3) is 0 Å². The first-order valence-electron chi connectivity index (χ1n) is 6.28. The number of nitrogens with two attached hydrogens (primary N) is 1. The highest BCUT2D eigenvalue weighted by molar-refractivity contribution is 7.89. The van der Waals surface area contributed by atoms with E-state index in [-0.39, 0.29) is 6.04 Å². The van der Waals surface area contributed by atoms with Crippen LogP contribution in [0.15, 0.2) is 0 Å². The van der Waals surface area contributed by atoms with Gasteiger partial charge in [0, 0.05) is 12.6 Å². The molecule has 2 atom stereocenters. The van der Waals surface area contributed by atoms with Crippen molar-refractivity contribution in [1.82, 2.24) is 4.72 Å². The molecule has 2 rings (SSSR count). The SMILES string of the molecule is NC1CCCC(CNS(=O)(=O)CC2CC2)C1. The van der Waals surface area contributed by atoms with Gasteiger partial charge in [0.05, 0.1) is 5.75 Å². The predicted molar refractivity (Wildman–Crippen MR) is 64.4 cm³/mol. The topological polar surface area (TPSA) is 72.2 Å². The second kappa shape index (κ2) is 5.02. The summed E-state index contributed by atoms with van der Waals surface area (Å²) in [5, 5.41) is 0. The van der Waals surface area contributed by atoms with Gasteiger partial charge in [-0.3, -0.25) is 0 Å². The number of nitrogens with one attached hydrogen (secondary N) is 1. The molecule has 94 valence electrons. The van der Waals surface area contributed by atoms with E-state index < -0.39 is 10.0 Å². The molecule has 0 saturated heterocycles. The molecule has 2 aliphatic carbocycles. The maximum absolute atomic E-state index is 11.7. The minimum atomic E-state index is -3.03. The van der Waals surface area contributed by atoms with Gasteiger partial charge in [0.2, 0.25) is 10.0 Å². The molecule has 5 heteroatoms. The van der Waals surface area contributed by atoms with E-state index in [0.717, 1.165) is 38.5 Å². The summed E-state index contributed by atoms with van der Waals surface area (Å²) < 4.78 is 26.1. The molecule has 0 aromatic rings. The Balaban J connectivity index is 1.72. The zero-order valence-electron chi connectivity index (χ0n) is 9.69. The second-order valence-electron chi connectivity index (χ2n) is 5.37. The molecule has 0 aromatic carbocycles. The maximum atomic E-state index is 11.7. The maximum Gasteiger partial charge on any atom is 0.211 e. The van der Waals surface area contributed by atoms with Crippen LogP contribution in [0.4, 0.5) is 0 Å². The molecule has 2 fully saturated rings. The summed E-state index contributed by atoms with van der Waals surface area (Å²) in [6.07, 6.45) is 6.46. The molecule has 2 unspecified atom stereocenters. The third-order valence-corrected chi connectivity index (χ3v) is 5.08. The van der Waals surface area contributed by atoms with Crippen LogP contribution < -0.4 is 10.5 Å². The number of hydrogen-bond acceptors (Lipinski definition) is 3. The largest absolute Gasteiger partial charge is 0.328 e. The third kappa shape index (κ3) is 4.03. The first kappa shape index (κ1) is 12.3. The van der Waals surface area contributed by atoms with E-state index in [9.17, 15) is 8.42 Å². The molecule has 0 radical (unpaired) electrons. The van der Waals surface area contributed by atoms with Crippen LogP contribution in [-0.2, 0) is 10.0 Å². The van der Waals surface area contributed by atoms with E-state index in [0.29, 0.717) is 24.1 Å². The van der Waals surface area contributed by atoms with Crippen LogP contribution in [-0.4, -0.2) is 26.8 Å². The first-order valence-corrected chi connectivity index (χ1v) is 7.93. The van der Waals surface area contributed by atoms with Crippen molar-refractivity contribution >= 4 is 10.0 Å². The Kier molecular flexibility index (Phi) is 3.87. The van der Waals surface area contributed by atoms with E-state index in [2.05, 4.69) is 4.72 Å². The Morgan fingerprint density at radius 2 is 1.88 bits per heavy atom. The van der Waals surface area contributed by atoms with Crippen LogP contribution in [0.5, 0.6) is 0 Å². The summed E-state index contributed by atoms with van der Waals surface area (Å²) >= 11 is 0. The molecular weight excluding hydrogens is 224 g/mol. The smallest absolute Gasteiger partial charge is 0.211 e. The molecule has 0 heterocycles. The normalized spacial score (nSPS) is 31.6. The number of hydrogen-bond donors (Lipinski definition) is 2. The van der Waals surface area contributed by atoms with Crippen molar-refractivity contribution in [3.8, 4) is 0 Å². The van der Waals surface area contributed by atoms with Crippen LogP contribution >= 0.6 is 0 Å². The lowest BCUT2D eigenvalue weighted by Crippen LogP contribution is -2.36. The van der Waals surface area contributed by atoms with Crippen LogP contribution in [0, 0.1) is 11.8 Å². The van der Waals surface area contributed by atoms with Crippen molar-refractivity contribution in [1.29, 1.82) is 0 Å². The molecule has 0 aliphatic heterocycles. The summed E-state index contributed by atoms with van der Waals surface area (Å²) in [7, 11) is -3.03. The van der Waals surface area contributed by atoms with Crippen molar-refractivity contribution in [2.45, 2.75) is 44.6 Å². The molecular formula is C11H22N2O2S. The minimum Gasteiger partial charge on any atom is -0.328 e. The van der Waals surface area contributed by atoms with Crippen molar-refractivity contribution in [2.24, 2.45) is 17.6 Å². The van der Waals surface area contributed by atoms with Gasteiger partial charge >= 0.3 is 0 Å². The van der Waals surface area contributed by atoms with Crippen molar-refractivity contribution in [2.75, 3.05) is 12.3 Å². The molecule has 2 aliphatic rings. The quantitative estimate of drug-likeness (QED) is 0.755. The average Bonchev–Trinajstić information content (AvgIpc) is 2.98. The molecule has 4 nitrogen and oxygen atoms in total. The van der Waals surface area contributed by atoms with Gasteiger partial charge in [0.15, 0.2) is 0 Å². The lowest BCUT2D eigenvalue weighted by Gasteiger charge is -2.26. The number of sulfonamides is 1. The lowest BCUT2D eigenvalue weighted by atomic mass is 9.86. The zero-order chi connectivity index (χ0) is 11.6. The molecule has 3 N–H and O–H groups in total. The van der Waals surface area contributed by atoms with Crippen LogP contribution in [0.2, 0.25) is 0 Å². The van der Waals surface area contributed by atoms with E-state index in [1.165, 1.54) is 0 Å². The Bertz CT molecular complexity index is 325. The summed E-state index contributed by atoms with van der Waals surface area (Å²) in [5.41, 5.74) is 5.88. The molecule has 2 saturated carbocycles. The van der Waals surface area contributed by atoms with E-state index in [4.69, 9.17) is 5.73 Å². The van der Waals surface area contributed by atoms with Gasteiger partial charge in [-0.05, 0) is 43.9 Å². The van der Waals surface area contributed by atoms with E-state index in [1.54, 1.807) is 0 Å². The molecule has 0 bridgehead atoms. The standard InChI is InChI=1S/C11H22N2O2S/c12-11-3-1-2-10(6-11)7-13-16(14,15)8-9-4-5-9/h9-11,13H,1-8,12H2. The predicted octanol–water partition coefficient (Wildman–Crippen LogP) is 0.833. The van der Waals surface area contributed by atoms with Gasteiger partial charge in [-0.15, -0.1) is 0 Å². The van der Waals surface area contributed by atoms with Crippen molar-refractivity contribution in [3.05, 3.63) is 0 Å². The summed E-state index contributed by atoms with van der Waals surface area (Å²) in [4.78, 5) is 0. The Morgan fingerprint density at radius 3 is 2.50 bits per heavy atom. The Labute approximate surface area is 98.0 Å². The molecule has 0 spiro atoms. The van der Waals surface area contributed by atoms with E-state index in [1.807, 2.05) is 0 Å². The van der Waals surface area contributed by atoms with Crippen molar-refractivity contribution in [3.63, 3.8) is 0 Å². The highest BCUT2D eigenvalue weighted by Crippen LogP contribution is 2.30. The molecule has 0 amide bonds. The average molecular weight is 246 g/mol. The van der Waals surface area contributed by atoms with Gasteiger partial charge < -0.3 is 5.73 Å². The second-order valence-corrected chi connectivity index (χ2v) is 7.22. The van der Waals surface area contributed by atoms with Crippen LogP contribution in [0.25, 0.3) is 0 Å². The highest BCUT2D eigenvalue weighted by atomic mass is 32.2. The summed E-state index contributed by atoms with van der Waals surface area (Å²) in [6, 6.07) is 0.270. The zero-order valence-corrected chi connectivity index (χ0v) is 10.5. The summed E-state index contributed by atoms with van der Waals surface area (Å²) in [6.45, 7) is 0.586. The minimum absolute atomic E-state index is 0.270.